The summed E-state index contributed by atoms with van der Waals surface area (Å²) in [7, 11) is 2.03. The van der Waals surface area contributed by atoms with Gasteiger partial charge in [0.15, 0.2) is 0 Å². The van der Waals surface area contributed by atoms with Gasteiger partial charge >= 0.3 is 0 Å². The Hall–Kier alpha value is -0.141. The zero-order valence-electron chi connectivity index (χ0n) is 6.42. The van der Waals surface area contributed by atoms with Crippen molar-refractivity contribution in [2.75, 3.05) is 13.6 Å². The van der Waals surface area contributed by atoms with Gasteiger partial charge in [-0.2, -0.15) is 0 Å². The zero-order chi connectivity index (χ0) is 6.69. The van der Waals surface area contributed by atoms with E-state index in [4.69, 9.17) is 0 Å². The number of hydrogen-bond acceptors (Lipinski definition) is 2. The van der Waals surface area contributed by atoms with Crippen molar-refractivity contribution in [1.29, 1.82) is 0 Å². The molecular formula is C7H13MnN2. The van der Waals surface area contributed by atoms with E-state index in [2.05, 4.69) is 35.8 Å². The summed E-state index contributed by atoms with van der Waals surface area (Å²) in [4.78, 5) is 4.23. The molecule has 0 N–H and O–H groups in total. The molecule has 1 rings (SSSR count). The van der Waals surface area contributed by atoms with E-state index in [-0.39, 0.29) is 17.1 Å². The smallest absolute Gasteiger partial charge is 0.141 e. The van der Waals surface area contributed by atoms with Crippen molar-refractivity contribution in [2.24, 2.45) is 0 Å². The van der Waals surface area contributed by atoms with Gasteiger partial charge in [-0.25, -0.2) is 0 Å². The van der Waals surface area contributed by atoms with Crippen molar-refractivity contribution in [1.82, 2.24) is 9.80 Å². The number of nitrogens with zero attached hydrogens (tertiary/aromatic N) is 2. The van der Waals surface area contributed by atoms with Gasteiger partial charge in [-0.3, -0.25) is 0 Å². The molecule has 0 aromatic heterocycles. The van der Waals surface area contributed by atoms with Crippen molar-refractivity contribution in [2.45, 2.75) is 13.3 Å². The second-order valence-corrected chi connectivity index (χ2v) is 2.32. The van der Waals surface area contributed by atoms with E-state index in [1.54, 1.807) is 0 Å². The average molecular weight is 180 g/mol. The van der Waals surface area contributed by atoms with E-state index in [1.807, 2.05) is 7.05 Å². The molecule has 0 saturated heterocycles. The Bertz CT molecular complexity index is 114. The SMILES string of the molecule is CCCN1[CH]N(C)C=C1.[Mn]. The second-order valence-electron chi connectivity index (χ2n) is 2.32. The normalized spacial score (nSPS) is 15.8. The first kappa shape index (κ1) is 9.86. The summed E-state index contributed by atoms with van der Waals surface area (Å²) in [6.07, 6.45) is 5.34. The van der Waals surface area contributed by atoms with Gasteiger partial charge in [-0.15, -0.1) is 0 Å². The maximum atomic E-state index is 2.18. The maximum Gasteiger partial charge on any atom is 0.141 e. The van der Waals surface area contributed by atoms with Gasteiger partial charge in [0.2, 0.25) is 0 Å². The molecule has 0 saturated carbocycles. The summed E-state index contributed by atoms with van der Waals surface area (Å²) in [5.74, 6) is 0. The van der Waals surface area contributed by atoms with Crippen LogP contribution < -0.4 is 0 Å². The summed E-state index contributed by atoms with van der Waals surface area (Å²) >= 11 is 0. The second kappa shape index (κ2) is 4.64. The molecule has 2 radical (unpaired) electrons. The predicted octanol–water partition coefficient (Wildman–Crippen LogP) is 1.23. The van der Waals surface area contributed by atoms with E-state index in [9.17, 15) is 0 Å². The van der Waals surface area contributed by atoms with Crippen molar-refractivity contribution in [3.63, 3.8) is 0 Å². The molecular weight excluding hydrogens is 167 g/mol. The summed E-state index contributed by atoms with van der Waals surface area (Å²) in [6, 6.07) is 0. The van der Waals surface area contributed by atoms with E-state index >= 15 is 0 Å². The van der Waals surface area contributed by atoms with Crippen LogP contribution in [0, 0.1) is 6.67 Å². The summed E-state index contributed by atoms with van der Waals surface area (Å²) in [5.41, 5.74) is 0. The Kier molecular flexibility index (Phi) is 4.58. The third-order valence-electron chi connectivity index (χ3n) is 1.31. The molecule has 1 aliphatic rings. The van der Waals surface area contributed by atoms with Crippen LogP contribution in [0.4, 0.5) is 0 Å². The monoisotopic (exact) mass is 180 g/mol. The molecule has 58 valence electrons. The van der Waals surface area contributed by atoms with E-state index < -0.39 is 0 Å². The van der Waals surface area contributed by atoms with Crippen LogP contribution in [-0.4, -0.2) is 23.4 Å². The molecule has 0 atom stereocenters. The Labute approximate surface area is 73.3 Å². The molecule has 0 fully saturated rings. The van der Waals surface area contributed by atoms with Crippen molar-refractivity contribution >= 4 is 0 Å². The van der Waals surface area contributed by atoms with E-state index in [0.717, 1.165) is 6.54 Å². The molecule has 0 unspecified atom stereocenters. The van der Waals surface area contributed by atoms with Gasteiger partial charge in [0.1, 0.15) is 6.67 Å². The van der Waals surface area contributed by atoms with Gasteiger partial charge < -0.3 is 9.80 Å². The molecule has 0 bridgehead atoms. The zero-order valence-corrected chi connectivity index (χ0v) is 7.60. The third-order valence-corrected chi connectivity index (χ3v) is 1.31. The third kappa shape index (κ3) is 2.63. The Morgan fingerprint density at radius 3 is 2.40 bits per heavy atom. The van der Waals surface area contributed by atoms with Crippen LogP contribution in [0.15, 0.2) is 12.4 Å². The first-order valence-corrected chi connectivity index (χ1v) is 3.34. The van der Waals surface area contributed by atoms with Crippen LogP contribution >= 0.6 is 0 Å². The molecule has 0 aromatic carbocycles. The quantitative estimate of drug-likeness (QED) is 0.590. The topological polar surface area (TPSA) is 6.48 Å². The summed E-state index contributed by atoms with van der Waals surface area (Å²) in [5, 5.41) is 0. The fourth-order valence-corrected chi connectivity index (χ4v) is 0.892. The van der Waals surface area contributed by atoms with Crippen LogP contribution in [0.5, 0.6) is 0 Å². The maximum absolute atomic E-state index is 2.18. The molecule has 10 heavy (non-hydrogen) atoms. The average Bonchev–Trinajstić information content (AvgIpc) is 2.17. The van der Waals surface area contributed by atoms with Gasteiger partial charge in [0.25, 0.3) is 0 Å². The molecule has 1 aliphatic heterocycles. The van der Waals surface area contributed by atoms with Crippen LogP contribution in [0.3, 0.4) is 0 Å². The predicted molar refractivity (Wildman–Crippen MR) is 38.2 cm³/mol. The van der Waals surface area contributed by atoms with Crippen LogP contribution in [0.2, 0.25) is 0 Å². The Morgan fingerprint density at radius 2 is 2.00 bits per heavy atom. The fourth-order valence-electron chi connectivity index (χ4n) is 0.892. The molecule has 3 heteroatoms. The van der Waals surface area contributed by atoms with Gasteiger partial charge in [0, 0.05) is 43.1 Å². The standard InChI is InChI=1S/C7H13N2.Mn/c1-3-4-9-6-5-8(2)7-9;/h5-7H,3-4H2,1-2H3;. The van der Waals surface area contributed by atoms with Gasteiger partial charge in [0.05, 0.1) is 0 Å². The van der Waals surface area contributed by atoms with Gasteiger partial charge in [-0.05, 0) is 6.42 Å². The Morgan fingerprint density at radius 1 is 1.30 bits per heavy atom. The van der Waals surface area contributed by atoms with E-state index in [1.165, 1.54) is 6.42 Å². The van der Waals surface area contributed by atoms with Crippen LogP contribution in [0.1, 0.15) is 13.3 Å². The summed E-state index contributed by atoms with van der Waals surface area (Å²) in [6.45, 7) is 5.39. The Balaban J connectivity index is 0.000000810. The molecule has 0 aromatic rings. The minimum Gasteiger partial charge on any atom is -0.356 e. The van der Waals surface area contributed by atoms with Crippen molar-refractivity contribution in [3.8, 4) is 0 Å². The molecule has 1 heterocycles. The largest absolute Gasteiger partial charge is 0.356 e. The first-order chi connectivity index (χ1) is 4.33. The molecule has 0 amide bonds. The minimum absolute atomic E-state index is 0. The van der Waals surface area contributed by atoms with E-state index in [0.29, 0.717) is 0 Å². The van der Waals surface area contributed by atoms with Crippen molar-refractivity contribution < 1.29 is 17.1 Å². The van der Waals surface area contributed by atoms with Crippen LogP contribution in [-0.2, 0) is 17.1 Å². The van der Waals surface area contributed by atoms with Gasteiger partial charge in [-0.1, -0.05) is 6.92 Å². The van der Waals surface area contributed by atoms with Crippen LogP contribution in [0.25, 0.3) is 0 Å². The molecule has 0 spiro atoms. The summed E-state index contributed by atoms with van der Waals surface area (Å²) < 4.78 is 0. The van der Waals surface area contributed by atoms with Crippen molar-refractivity contribution in [3.05, 3.63) is 19.1 Å². The molecule has 0 aliphatic carbocycles. The first-order valence-electron chi connectivity index (χ1n) is 3.34. The molecule has 2 nitrogen and oxygen atoms in total. The number of rotatable bonds is 2. The fraction of sp³-hybridized carbons (Fsp3) is 0.571. The minimum atomic E-state index is 0. The number of hydrogen-bond donors (Lipinski definition) is 0.